The van der Waals surface area contributed by atoms with Gasteiger partial charge < -0.3 is 20.6 Å². The second kappa shape index (κ2) is 9.31. The van der Waals surface area contributed by atoms with Crippen LogP contribution in [0.3, 0.4) is 0 Å². The Morgan fingerprint density at radius 2 is 1.74 bits per heavy atom. The van der Waals surface area contributed by atoms with E-state index < -0.39 is 21.8 Å². The molecule has 7 nitrogen and oxygen atoms in total. The Bertz CT molecular complexity index is 1470. The molecule has 3 aromatic carbocycles. The van der Waals surface area contributed by atoms with E-state index in [4.69, 9.17) is 38.8 Å². The molecular formula is C24H20Cl2N2O5S. The molecule has 1 aromatic heterocycles. The van der Waals surface area contributed by atoms with Crippen LogP contribution in [0, 0.1) is 6.92 Å². The average molecular weight is 519 g/mol. The SMILES string of the molecule is Cc1ccc(S(=O)(=O)c2c[nH]c3ccc(Oc4c(Cl)cc(C[C@H](N)C(=O)O)cc4Cl)cc23)cc1. The fourth-order valence-electron chi connectivity index (χ4n) is 3.49. The first-order valence-electron chi connectivity index (χ1n) is 10.1. The minimum atomic E-state index is -3.77. The van der Waals surface area contributed by atoms with Crippen molar-refractivity contribution in [1.82, 2.24) is 4.98 Å². The van der Waals surface area contributed by atoms with Crippen molar-refractivity contribution in [2.75, 3.05) is 0 Å². The van der Waals surface area contributed by atoms with Gasteiger partial charge in [-0.05, 0) is 61.4 Å². The molecule has 0 aliphatic carbocycles. The lowest BCUT2D eigenvalue weighted by atomic mass is 10.1. The summed E-state index contributed by atoms with van der Waals surface area (Å²) in [5, 5.41) is 9.79. The van der Waals surface area contributed by atoms with E-state index in [0.717, 1.165) is 5.56 Å². The number of carbonyl (C=O) groups is 1. The third-order valence-electron chi connectivity index (χ3n) is 5.29. The van der Waals surface area contributed by atoms with Crippen LogP contribution in [0.15, 0.2) is 70.6 Å². The summed E-state index contributed by atoms with van der Waals surface area (Å²) in [7, 11) is -3.77. The van der Waals surface area contributed by atoms with Crippen LogP contribution >= 0.6 is 23.2 Å². The number of benzene rings is 3. The first kappa shape index (κ1) is 24.1. The highest BCUT2D eigenvalue weighted by Gasteiger charge is 2.22. The Hall–Kier alpha value is -3.04. The van der Waals surface area contributed by atoms with Gasteiger partial charge in [0.25, 0.3) is 0 Å². The Kier molecular flexibility index (Phi) is 6.60. The maximum absolute atomic E-state index is 13.2. The lowest BCUT2D eigenvalue weighted by Crippen LogP contribution is -2.32. The molecule has 0 bridgehead atoms. The van der Waals surface area contributed by atoms with Crippen LogP contribution in [0.1, 0.15) is 11.1 Å². The molecule has 1 atom stereocenters. The molecule has 0 saturated heterocycles. The van der Waals surface area contributed by atoms with Crippen molar-refractivity contribution in [3.8, 4) is 11.5 Å². The molecule has 4 N–H and O–H groups in total. The van der Waals surface area contributed by atoms with Crippen LogP contribution in [0.5, 0.6) is 11.5 Å². The number of fused-ring (bicyclic) bond motifs is 1. The zero-order valence-corrected chi connectivity index (χ0v) is 20.2. The number of hydrogen-bond acceptors (Lipinski definition) is 5. The maximum atomic E-state index is 13.2. The molecule has 0 aliphatic rings. The second-order valence-corrected chi connectivity index (χ2v) is 10.5. The third-order valence-corrected chi connectivity index (χ3v) is 7.66. The normalized spacial score (nSPS) is 12.6. The quantitative estimate of drug-likeness (QED) is 0.302. The van der Waals surface area contributed by atoms with Crippen molar-refractivity contribution < 1.29 is 23.1 Å². The van der Waals surface area contributed by atoms with Crippen LogP contribution in [0.25, 0.3) is 10.9 Å². The van der Waals surface area contributed by atoms with Gasteiger partial charge in [0.1, 0.15) is 11.8 Å². The fraction of sp³-hybridized carbons (Fsp3) is 0.125. The van der Waals surface area contributed by atoms with Crippen LogP contribution in [0.2, 0.25) is 10.0 Å². The monoisotopic (exact) mass is 518 g/mol. The number of aromatic amines is 1. The van der Waals surface area contributed by atoms with Gasteiger partial charge in [0, 0.05) is 17.1 Å². The lowest BCUT2D eigenvalue weighted by molar-refractivity contribution is -0.138. The molecule has 0 radical (unpaired) electrons. The van der Waals surface area contributed by atoms with Crippen molar-refractivity contribution in [3.63, 3.8) is 0 Å². The standard InChI is InChI=1S/C24H20Cl2N2O5S/c1-13-2-5-16(6-3-13)34(31,32)22-12-28-21-7-4-15(11-17(21)22)33-23-18(25)8-14(9-19(23)26)10-20(27)24(29)30/h2-9,11-12,20,28H,10,27H2,1H3,(H,29,30)/t20-/m0/s1. The maximum Gasteiger partial charge on any atom is 0.320 e. The van der Waals surface area contributed by atoms with Gasteiger partial charge in [0.2, 0.25) is 9.84 Å². The highest BCUT2D eigenvalue weighted by molar-refractivity contribution is 7.91. The molecule has 0 saturated carbocycles. The molecule has 0 spiro atoms. The summed E-state index contributed by atoms with van der Waals surface area (Å²) in [4.78, 5) is 14.3. The summed E-state index contributed by atoms with van der Waals surface area (Å²) in [5.74, 6) is -0.649. The van der Waals surface area contributed by atoms with E-state index in [1.165, 1.54) is 18.3 Å². The van der Waals surface area contributed by atoms with Crippen molar-refractivity contribution in [1.29, 1.82) is 0 Å². The van der Waals surface area contributed by atoms with Crippen LogP contribution in [-0.2, 0) is 21.1 Å². The minimum Gasteiger partial charge on any atom is -0.480 e. The van der Waals surface area contributed by atoms with Gasteiger partial charge in [-0.25, -0.2) is 8.42 Å². The van der Waals surface area contributed by atoms with Crippen molar-refractivity contribution in [2.45, 2.75) is 29.2 Å². The summed E-state index contributed by atoms with van der Waals surface area (Å²) < 4.78 is 32.3. The van der Waals surface area contributed by atoms with Crippen molar-refractivity contribution in [3.05, 3.63) is 82.0 Å². The van der Waals surface area contributed by atoms with Crippen LogP contribution < -0.4 is 10.5 Å². The van der Waals surface area contributed by atoms with Gasteiger partial charge in [0.05, 0.1) is 19.8 Å². The number of aromatic nitrogens is 1. The molecule has 4 aromatic rings. The number of H-pyrrole nitrogens is 1. The number of aryl methyl sites for hydroxylation is 1. The highest BCUT2D eigenvalue weighted by Crippen LogP contribution is 2.39. The van der Waals surface area contributed by atoms with Gasteiger partial charge >= 0.3 is 5.97 Å². The smallest absolute Gasteiger partial charge is 0.320 e. The molecule has 0 unspecified atom stereocenters. The Labute approximate surface area is 206 Å². The molecular weight excluding hydrogens is 499 g/mol. The lowest BCUT2D eigenvalue weighted by Gasteiger charge is -2.13. The molecule has 0 amide bonds. The van der Waals surface area contributed by atoms with Gasteiger partial charge in [-0.2, -0.15) is 0 Å². The summed E-state index contributed by atoms with van der Waals surface area (Å²) in [5.41, 5.74) is 7.70. The fourth-order valence-corrected chi connectivity index (χ4v) is 5.52. The topological polar surface area (TPSA) is 122 Å². The van der Waals surface area contributed by atoms with Crippen LogP contribution in [0.4, 0.5) is 0 Å². The molecule has 34 heavy (non-hydrogen) atoms. The highest BCUT2D eigenvalue weighted by atomic mass is 35.5. The minimum absolute atomic E-state index is 0.0462. The van der Waals surface area contributed by atoms with Crippen molar-refractivity contribution in [2.24, 2.45) is 5.73 Å². The Morgan fingerprint density at radius 3 is 2.35 bits per heavy atom. The molecule has 10 heteroatoms. The van der Waals surface area contributed by atoms with E-state index in [2.05, 4.69) is 4.98 Å². The van der Waals surface area contributed by atoms with E-state index in [0.29, 0.717) is 22.2 Å². The van der Waals surface area contributed by atoms with E-state index in [1.54, 1.807) is 42.5 Å². The first-order valence-corrected chi connectivity index (χ1v) is 12.4. The third kappa shape index (κ3) is 4.76. The number of nitrogens with one attached hydrogen (secondary N) is 1. The number of carboxylic acids is 1. The van der Waals surface area contributed by atoms with E-state index in [1.807, 2.05) is 6.92 Å². The summed E-state index contributed by atoms with van der Waals surface area (Å²) in [6, 6.07) is 13.5. The van der Waals surface area contributed by atoms with E-state index in [9.17, 15) is 13.2 Å². The van der Waals surface area contributed by atoms with Gasteiger partial charge in [0.15, 0.2) is 5.75 Å². The number of nitrogens with two attached hydrogens (primary N) is 1. The zero-order chi connectivity index (χ0) is 24.6. The number of ether oxygens (including phenoxy) is 1. The largest absolute Gasteiger partial charge is 0.480 e. The predicted molar refractivity (Wildman–Crippen MR) is 131 cm³/mol. The summed E-state index contributed by atoms with van der Waals surface area (Å²) in [6.45, 7) is 1.88. The predicted octanol–water partition coefficient (Wildman–Crippen LogP) is 5.36. The summed E-state index contributed by atoms with van der Waals surface area (Å²) in [6.07, 6.45) is 1.49. The number of rotatable bonds is 7. The number of hydrogen-bond donors (Lipinski definition) is 3. The van der Waals surface area contributed by atoms with Gasteiger partial charge in [-0.3, -0.25) is 4.79 Å². The van der Waals surface area contributed by atoms with Gasteiger partial charge in [-0.15, -0.1) is 0 Å². The van der Waals surface area contributed by atoms with Gasteiger partial charge in [-0.1, -0.05) is 40.9 Å². The molecule has 1 heterocycles. The second-order valence-electron chi connectivity index (χ2n) is 7.82. The first-order chi connectivity index (χ1) is 16.1. The Morgan fingerprint density at radius 1 is 1.09 bits per heavy atom. The van der Waals surface area contributed by atoms with E-state index >= 15 is 0 Å². The number of sulfone groups is 1. The zero-order valence-electron chi connectivity index (χ0n) is 17.9. The molecule has 0 fully saturated rings. The molecule has 4 rings (SSSR count). The summed E-state index contributed by atoms with van der Waals surface area (Å²) >= 11 is 12.7. The van der Waals surface area contributed by atoms with E-state index in [-0.39, 0.29) is 32.0 Å². The number of carboxylic acid groups (broad SMARTS) is 1. The van der Waals surface area contributed by atoms with Crippen LogP contribution in [-0.4, -0.2) is 30.5 Å². The molecule has 176 valence electrons. The van der Waals surface area contributed by atoms with Crippen molar-refractivity contribution >= 4 is 49.9 Å². The number of aliphatic carboxylic acids is 1. The number of halogens is 2. The average Bonchev–Trinajstić information content (AvgIpc) is 3.20. The Balaban J connectivity index is 1.68. The molecule has 0 aliphatic heterocycles.